The maximum absolute atomic E-state index is 16.8. The van der Waals surface area contributed by atoms with E-state index in [0.29, 0.717) is 16.3 Å². The second kappa shape index (κ2) is 6.22. The van der Waals surface area contributed by atoms with Crippen molar-refractivity contribution in [3.8, 4) is 0 Å². The smallest absolute Gasteiger partial charge is 0.181 e. The maximum atomic E-state index is 16.8. The average Bonchev–Trinajstić information content (AvgIpc) is 2.71. The van der Waals surface area contributed by atoms with Crippen molar-refractivity contribution in [3.63, 3.8) is 0 Å². The Labute approximate surface area is 148 Å². The van der Waals surface area contributed by atoms with Gasteiger partial charge in [-0.1, -0.05) is 29.8 Å². The highest BCUT2D eigenvalue weighted by atomic mass is 35.5. The minimum absolute atomic E-state index is 0.0971. The van der Waals surface area contributed by atoms with Crippen molar-refractivity contribution in [2.75, 3.05) is 13.1 Å². The van der Waals surface area contributed by atoms with Crippen LogP contribution in [0.25, 0.3) is 12.2 Å². The molecule has 1 aromatic heterocycles. The molecular formula is C19H19ClFN2P. The number of nitrogens with one attached hydrogen (secondary N) is 1. The van der Waals surface area contributed by atoms with E-state index in [9.17, 15) is 0 Å². The number of halogens is 2. The molecule has 124 valence electrons. The summed E-state index contributed by atoms with van der Waals surface area (Å²) in [6.07, 6.45) is 7.22. The number of pyridine rings is 1. The molecule has 2 aromatic rings. The second-order valence-electron chi connectivity index (χ2n) is 6.51. The Morgan fingerprint density at radius 3 is 2.71 bits per heavy atom. The molecule has 2 nitrogen and oxygen atoms in total. The Hall–Kier alpha value is -1.28. The van der Waals surface area contributed by atoms with E-state index in [1.165, 1.54) is 0 Å². The summed E-state index contributed by atoms with van der Waals surface area (Å²) in [5, 5.41) is 4.90. The third-order valence-corrected chi connectivity index (χ3v) is 5.58. The van der Waals surface area contributed by atoms with Crippen LogP contribution < -0.4 is 10.6 Å². The van der Waals surface area contributed by atoms with Crippen LogP contribution in [0.4, 0.5) is 4.39 Å². The molecular weight excluding hydrogens is 342 g/mol. The number of alkyl halides is 1. The molecule has 5 heteroatoms. The van der Waals surface area contributed by atoms with Gasteiger partial charge in [0.15, 0.2) is 5.67 Å². The first-order chi connectivity index (χ1) is 11.6. The molecule has 1 aromatic carbocycles. The normalized spacial score (nSPS) is 23.5. The summed E-state index contributed by atoms with van der Waals surface area (Å²) in [5.74, 6) is -0.0971. The van der Waals surface area contributed by atoms with Crippen LogP contribution in [0.1, 0.15) is 35.2 Å². The van der Waals surface area contributed by atoms with Crippen LogP contribution in [0, 0.1) is 5.92 Å². The predicted octanol–water partition coefficient (Wildman–Crippen LogP) is 3.93. The van der Waals surface area contributed by atoms with Crippen molar-refractivity contribution in [2.45, 2.75) is 18.5 Å². The number of hydrogen-bond donors (Lipinski definition) is 1. The highest BCUT2D eigenvalue weighted by Crippen LogP contribution is 2.48. The van der Waals surface area contributed by atoms with Crippen LogP contribution >= 0.6 is 20.8 Å². The van der Waals surface area contributed by atoms with Gasteiger partial charge >= 0.3 is 0 Å². The molecule has 1 aliphatic heterocycles. The highest BCUT2D eigenvalue weighted by molar-refractivity contribution is 7.27. The molecule has 2 aliphatic rings. The SMILES string of the molecule is FC1(C2CCNCC2)c2ccc(Cl)cc2C=Cc2cc(P)cnc21. The van der Waals surface area contributed by atoms with E-state index in [0.717, 1.165) is 42.4 Å². The van der Waals surface area contributed by atoms with E-state index in [-0.39, 0.29) is 5.92 Å². The van der Waals surface area contributed by atoms with Gasteiger partial charge in [-0.05, 0) is 55.0 Å². The van der Waals surface area contributed by atoms with E-state index in [2.05, 4.69) is 19.5 Å². The van der Waals surface area contributed by atoms with E-state index >= 15 is 4.39 Å². The standard InChI is InChI=1S/C19H19ClFN2P/c20-15-3-4-17-12(9-15)1-2-13-10-16(24)11-23-18(13)19(17,21)14-5-7-22-8-6-14/h1-4,9-11,14,22H,5-8,24H2. The van der Waals surface area contributed by atoms with E-state index in [1.807, 2.05) is 30.4 Å². The van der Waals surface area contributed by atoms with Crippen molar-refractivity contribution in [2.24, 2.45) is 5.92 Å². The zero-order valence-electron chi connectivity index (χ0n) is 13.2. The Morgan fingerprint density at radius 2 is 1.92 bits per heavy atom. The lowest BCUT2D eigenvalue weighted by atomic mass is 9.74. The van der Waals surface area contributed by atoms with Crippen LogP contribution in [0.3, 0.4) is 0 Å². The van der Waals surface area contributed by atoms with Crippen molar-refractivity contribution in [3.05, 3.63) is 57.9 Å². The molecule has 2 atom stereocenters. The Bertz CT molecular complexity index is 760. The van der Waals surface area contributed by atoms with Gasteiger partial charge in [0, 0.05) is 28.3 Å². The van der Waals surface area contributed by atoms with Crippen LogP contribution in [-0.4, -0.2) is 18.1 Å². The van der Waals surface area contributed by atoms with E-state index in [1.54, 1.807) is 12.3 Å². The van der Waals surface area contributed by atoms with Crippen LogP contribution in [0.15, 0.2) is 30.5 Å². The van der Waals surface area contributed by atoms with Gasteiger partial charge in [0.1, 0.15) is 0 Å². The first-order valence-corrected chi connectivity index (χ1v) is 9.18. The second-order valence-corrected chi connectivity index (χ2v) is 7.61. The van der Waals surface area contributed by atoms with Gasteiger partial charge in [-0.15, -0.1) is 9.24 Å². The Kier molecular flexibility index (Phi) is 4.20. The molecule has 0 bridgehead atoms. The molecule has 0 radical (unpaired) electrons. The summed E-state index contributed by atoms with van der Waals surface area (Å²) in [5.41, 5.74) is 1.29. The van der Waals surface area contributed by atoms with Gasteiger partial charge in [-0.3, -0.25) is 4.98 Å². The number of nitrogens with zero attached hydrogens (tertiary/aromatic N) is 1. The molecule has 2 heterocycles. The highest BCUT2D eigenvalue weighted by Gasteiger charge is 2.47. The predicted molar refractivity (Wildman–Crippen MR) is 101 cm³/mol. The van der Waals surface area contributed by atoms with Crippen molar-refractivity contribution < 1.29 is 4.39 Å². The molecule has 4 rings (SSSR count). The van der Waals surface area contributed by atoms with Crippen molar-refractivity contribution in [1.82, 2.24) is 10.3 Å². The molecule has 0 saturated carbocycles. The molecule has 1 fully saturated rings. The minimum Gasteiger partial charge on any atom is -0.317 e. The van der Waals surface area contributed by atoms with Gasteiger partial charge in [0.2, 0.25) is 0 Å². The van der Waals surface area contributed by atoms with Crippen LogP contribution in [-0.2, 0) is 5.67 Å². The van der Waals surface area contributed by atoms with Crippen molar-refractivity contribution >= 4 is 38.3 Å². The van der Waals surface area contributed by atoms with Gasteiger partial charge in [0.05, 0.1) is 5.69 Å². The number of benzene rings is 1. The summed E-state index contributed by atoms with van der Waals surface area (Å²) in [6.45, 7) is 1.67. The topological polar surface area (TPSA) is 24.9 Å². The van der Waals surface area contributed by atoms with Gasteiger partial charge < -0.3 is 5.32 Å². The quantitative estimate of drug-likeness (QED) is 0.779. The Balaban J connectivity index is 1.98. The lowest BCUT2D eigenvalue weighted by molar-refractivity contribution is 0.0953. The Morgan fingerprint density at radius 1 is 1.17 bits per heavy atom. The molecule has 1 N–H and O–H groups in total. The van der Waals surface area contributed by atoms with E-state index < -0.39 is 5.67 Å². The summed E-state index contributed by atoms with van der Waals surface area (Å²) in [7, 11) is 2.64. The monoisotopic (exact) mass is 360 g/mol. The summed E-state index contributed by atoms with van der Waals surface area (Å²) < 4.78 is 16.8. The number of rotatable bonds is 1. The molecule has 1 saturated heterocycles. The van der Waals surface area contributed by atoms with Crippen LogP contribution in [0.2, 0.25) is 5.02 Å². The first-order valence-electron chi connectivity index (χ1n) is 8.23. The maximum Gasteiger partial charge on any atom is 0.181 e. The third-order valence-electron chi connectivity index (χ3n) is 5.03. The van der Waals surface area contributed by atoms with E-state index in [4.69, 9.17) is 11.6 Å². The fourth-order valence-electron chi connectivity index (χ4n) is 3.87. The summed E-state index contributed by atoms with van der Waals surface area (Å²) >= 11 is 6.16. The number of fused-ring (bicyclic) bond motifs is 2. The first kappa shape index (κ1) is 16.2. The van der Waals surface area contributed by atoms with Gasteiger partial charge in [-0.25, -0.2) is 4.39 Å². The third kappa shape index (κ3) is 2.60. The lowest BCUT2D eigenvalue weighted by Gasteiger charge is -2.37. The molecule has 0 spiro atoms. The molecule has 24 heavy (non-hydrogen) atoms. The minimum atomic E-state index is -1.60. The molecule has 2 unspecified atom stereocenters. The zero-order chi connectivity index (χ0) is 16.7. The summed E-state index contributed by atoms with van der Waals surface area (Å²) in [4.78, 5) is 4.53. The summed E-state index contributed by atoms with van der Waals surface area (Å²) in [6, 6.07) is 7.43. The van der Waals surface area contributed by atoms with Gasteiger partial charge in [-0.2, -0.15) is 0 Å². The number of aromatic nitrogens is 1. The fourth-order valence-corrected chi connectivity index (χ4v) is 4.31. The number of hydrogen-bond acceptors (Lipinski definition) is 2. The van der Waals surface area contributed by atoms with Crippen molar-refractivity contribution in [1.29, 1.82) is 0 Å². The van der Waals surface area contributed by atoms with Gasteiger partial charge in [0.25, 0.3) is 0 Å². The molecule has 0 amide bonds. The van der Waals surface area contributed by atoms with Crippen LogP contribution in [0.5, 0.6) is 0 Å². The largest absolute Gasteiger partial charge is 0.317 e. The number of piperidine rings is 1. The zero-order valence-corrected chi connectivity index (χ0v) is 15.1. The average molecular weight is 361 g/mol. The fraction of sp³-hybridized carbons (Fsp3) is 0.316. The lowest BCUT2D eigenvalue weighted by Crippen LogP contribution is -2.41. The molecule has 1 aliphatic carbocycles.